The third-order valence-electron chi connectivity index (χ3n) is 6.87. The van der Waals surface area contributed by atoms with Crippen LogP contribution in [-0.2, 0) is 0 Å². The van der Waals surface area contributed by atoms with Crippen LogP contribution in [0.25, 0.3) is 0 Å². The molecule has 1 spiro atoms. The molecule has 1 heteroatoms. The first-order chi connectivity index (χ1) is 8.11. The molecule has 3 saturated carbocycles. The molecular formula is C16H22O. The predicted octanol–water partition coefficient (Wildman–Crippen LogP) is 3.31. The van der Waals surface area contributed by atoms with Gasteiger partial charge in [-0.2, -0.15) is 0 Å². The van der Waals surface area contributed by atoms with Gasteiger partial charge < -0.3 is 5.11 Å². The Balaban J connectivity index is 1.77. The number of aliphatic hydroxyl groups is 1. The fraction of sp³-hybridized carbons (Fsp3) is 0.750. The summed E-state index contributed by atoms with van der Waals surface area (Å²) in [5, 5.41) is 11.2. The lowest BCUT2D eigenvalue weighted by molar-refractivity contribution is -0.0416. The van der Waals surface area contributed by atoms with Gasteiger partial charge >= 0.3 is 0 Å². The van der Waals surface area contributed by atoms with Crippen molar-refractivity contribution in [3.8, 4) is 0 Å². The largest absolute Gasteiger partial charge is 0.389 e. The quantitative estimate of drug-likeness (QED) is 0.737. The average molecular weight is 230 g/mol. The van der Waals surface area contributed by atoms with Gasteiger partial charge in [-0.1, -0.05) is 25.2 Å². The second kappa shape index (κ2) is 2.71. The van der Waals surface area contributed by atoms with E-state index >= 15 is 0 Å². The molecular weight excluding hydrogens is 208 g/mol. The van der Waals surface area contributed by atoms with E-state index in [2.05, 4.69) is 25.7 Å². The van der Waals surface area contributed by atoms with Gasteiger partial charge in [-0.15, -0.1) is 6.58 Å². The molecule has 17 heavy (non-hydrogen) atoms. The van der Waals surface area contributed by atoms with Crippen LogP contribution in [0.5, 0.6) is 0 Å². The fourth-order valence-electron chi connectivity index (χ4n) is 6.36. The summed E-state index contributed by atoms with van der Waals surface area (Å²) >= 11 is 0. The van der Waals surface area contributed by atoms with Crippen LogP contribution in [0.2, 0.25) is 0 Å². The van der Waals surface area contributed by atoms with E-state index in [4.69, 9.17) is 0 Å². The normalized spacial score (nSPS) is 61.4. The zero-order chi connectivity index (χ0) is 11.9. The van der Waals surface area contributed by atoms with Crippen LogP contribution in [0, 0.1) is 28.6 Å². The van der Waals surface area contributed by atoms with Crippen LogP contribution in [0.15, 0.2) is 24.8 Å². The van der Waals surface area contributed by atoms with E-state index < -0.39 is 5.60 Å². The highest BCUT2D eigenvalue weighted by atomic mass is 16.3. The Labute approximate surface area is 104 Å². The van der Waals surface area contributed by atoms with Crippen molar-refractivity contribution in [3.63, 3.8) is 0 Å². The zero-order valence-corrected chi connectivity index (χ0v) is 10.7. The molecule has 0 radical (unpaired) electrons. The molecule has 0 amide bonds. The summed E-state index contributed by atoms with van der Waals surface area (Å²) < 4.78 is 0. The second-order valence-electron chi connectivity index (χ2n) is 6.95. The zero-order valence-electron chi connectivity index (χ0n) is 10.7. The average Bonchev–Trinajstić information content (AvgIpc) is 2.51. The van der Waals surface area contributed by atoms with Gasteiger partial charge in [-0.3, -0.25) is 0 Å². The van der Waals surface area contributed by atoms with Crippen molar-refractivity contribution >= 4 is 0 Å². The van der Waals surface area contributed by atoms with Crippen LogP contribution in [0.4, 0.5) is 0 Å². The van der Waals surface area contributed by atoms with Crippen LogP contribution in [0.1, 0.15) is 39.0 Å². The highest BCUT2D eigenvalue weighted by Crippen LogP contribution is 2.91. The van der Waals surface area contributed by atoms with Crippen molar-refractivity contribution in [2.24, 2.45) is 28.6 Å². The van der Waals surface area contributed by atoms with Crippen molar-refractivity contribution in [2.45, 2.75) is 44.6 Å². The minimum absolute atomic E-state index is 0.252. The number of hydrogen-bond acceptors (Lipinski definition) is 1. The highest BCUT2D eigenvalue weighted by Gasteiger charge is 2.89. The Morgan fingerprint density at radius 2 is 2.29 bits per heavy atom. The molecule has 4 aliphatic rings. The van der Waals surface area contributed by atoms with E-state index in [-0.39, 0.29) is 5.41 Å². The van der Waals surface area contributed by atoms with E-state index in [0.717, 1.165) is 31.1 Å². The van der Waals surface area contributed by atoms with E-state index in [0.29, 0.717) is 11.3 Å². The molecule has 1 N–H and O–H groups in total. The van der Waals surface area contributed by atoms with Gasteiger partial charge in [0.25, 0.3) is 0 Å². The summed E-state index contributed by atoms with van der Waals surface area (Å²) in [7, 11) is 0. The van der Waals surface area contributed by atoms with Crippen molar-refractivity contribution in [1.82, 2.24) is 0 Å². The first-order valence-corrected chi connectivity index (χ1v) is 7.13. The third kappa shape index (κ3) is 0.789. The molecule has 4 aliphatic carbocycles. The topological polar surface area (TPSA) is 20.2 Å². The summed E-state index contributed by atoms with van der Waals surface area (Å²) in [5.74, 6) is 2.22. The molecule has 0 aromatic heterocycles. The first-order valence-electron chi connectivity index (χ1n) is 7.13. The Hall–Kier alpha value is -0.560. The van der Waals surface area contributed by atoms with Gasteiger partial charge in [0.15, 0.2) is 0 Å². The summed E-state index contributed by atoms with van der Waals surface area (Å²) in [5.41, 5.74) is 0.261. The maximum absolute atomic E-state index is 11.2. The maximum Gasteiger partial charge on any atom is 0.0720 e. The Morgan fingerprint density at radius 3 is 3.00 bits per heavy atom. The molecule has 0 aromatic rings. The van der Waals surface area contributed by atoms with Crippen molar-refractivity contribution in [2.75, 3.05) is 0 Å². The van der Waals surface area contributed by atoms with Gasteiger partial charge in [-0.25, -0.2) is 0 Å². The first kappa shape index (κ1) is 10.4. The standard InChI is InChI=1S/C16H22O/c1-3-4-8-15(17)9-7-12-10-11-5-6-13-14(11,2)16(12,13)15/h3,5-6,11-13,17H,1,4,7-10H2,2H3/t11?,12-,13?,14+,15-,16?/m0/s1. The molecule has 4 rings (SSSR count). The van der Waals surface area contributed by atoms with Gasteiger partial charge in [-0.05, 0) is 55.3 Å². The van der Waals surface area contributed by atoms with Crippen molar-refractivity contribution in [3.05, 3.63) is 24.8 Å². The molecule has 1 nitrogen and oxygen atoms in total. The monoisotopic (exact) mass is 230 g/mol. The molecule has 0 bridgehead atoms. The highest BCUT2D eigenvalue weighted by molar-refractivity contribution is 5.45. The number of allylic oxidation sites excluding steroid dienone is 3. The molecule has 3 unspecified atom stereocenters. The molecule has 0 heterocycles. The van der Waals surface area contributed by atoms with Crippen molar-refractivity contribution in [1.29, 1.82) is 0 Å². The van der Waals surface area contributed by atoms with Crippen LogP contribution in [0.3, 0.4) is 0 Å². The minimum atomic E-state index is -0.398. The summed E-state index contributed by atoms with van der Waals surface area (Å²) in [4.78, 5) is 0. The Morgan fingerprint density at radius 1 is 1.47 bits per heavy atom. The Kier molecular flexibility index (Phi) is 1.66. The smallest absolute Gasteiger partial charge is 0.0720 e. The lowest BCUT2D eigenvalue weighted by atomic mass is 9.75. The lowest BCUT2D eigenvalue weighted by Gasteiger charge is -2.34. The molecule has 0 aliphatic heterocycles. The summed E-state index contributed by atoms with van der Waals surface area (Å²) in [6.45, 7) is 6.25. The second-order valence-corrected chi connectivity index (χ2v) is 6.95. The minimum Gasteiger partial charge on any atom is -0.389 e. The molecule has 92 valence electrons. The third-order valence-corrected chi connectivity index (χ3v) is 6.87. The van der Waals surface area contributed by atoms with Gasteiger partial charge in [0.05, 0.1) is 5.60 Å². The lowest BCUT2D eigenvalue weighted by Crippen LogP contribution is -2.39. The van der Waals surface area contributed by atoms with E-state index in [1.165, 1.54) is 12.8 Å². The molecule has 3 fully saturated rings. The van der Waals surface area contributed by atoms with E-state index in [9.17, 15) is 5.11 Å². The van der Waals surface area contributed by atoms with Crippen LogP contribution < -0.4 is 0 Å². The number of rotatable bonds is 3. The van der Waals surface area contributed by atoms with Gasteiger partial charge in [0.1, 0.15) is 0 Å². The molecule has 0 aromatic carbocycles. The van der Waals surface area contributed by atoms with Crippen LogP contribution >= 0.6 is 0 Å². The van der Waals surface area contributed by atoms with E-state index in [1.54, 1.807) is 0 Å². The maximum atomic E-state index is 11.2. The van der Waals surface area contributed by atoms with Gasteiger partial charge in [0, 0.05) is 5.41 Å². The number of hydrogen-bond donors (Lipinski definition) is 1. The Bertz CT molecular complexity index is 425. The summed E-state index contributed by atoms with van der Waals surface area (Å²) in [6.07, 6.45) is 12.3. The fourth-order valence-corrected chi connectivity index (χ4v) is 6.36. The molecule has 6 atom stereocenters. The van der Waals surface area contributed by atoms with Crippen LogP contribution in [-0.4, -0.2) is 10.7 Å². The predicted molar refractivity (Wildman–Crippen MR) is 68.4 cm³/mol. The van der Waals surface area contributed by atoms with Gasteiger partial charge in [0.2, 0.25) is 0 Å². The van der Waals surface area contributed by atoms with E-state index in [1.807, 2.05) is 6.08 Å². The van der Waals surface area contributed by atoms with Crippen molar-refractivity contribution < 1.29 is 5.11 Å². The molecule has 0 saturated heterocycles. The SMILES string of the molecule is C=CCC[C@]1(O)CC[C@H]2CC3C=CC4C21[C@]34C. The summed E-state index contributed by atoms with van der Waals surface area (Å²) in [6, 6.07) is 0.